The monoisotopic (exact) mass is 401 g/mol. The molecule has 3 aliphatic heterocycles. The number of benzene rings is 1. The number of methoxy groups -OCH3 is 1. The minimum Gasteiger partial charge on any atom is -0.465 e. The molecule has 0 saturated carbocycles. The highest BCUT2D eigenvalue weighted by atomic mass is 16.5. The maximum Gasteiger partial charge on any atom is 0.337 e. The molecule has 1 amide bonds. The summed E-state index contributed by atoms with van der Waals surface area (Å²) in [5.74, 6) is -0.114. The lowest BCUT2D eigenvalue weighted by atomic mass is 9.83. The summed E-state index contributed by atoms with van der Waals surface area (Å²) in [5, 5.41) is 10.3. The molecule has 3 fully saturated rings. The summed E-state index contributed by atoms with van der Waals surface area (Å²) >= 11 is 0. The number of hydrogen-bond acceptors (Lipinski definition) is 6. The first-order valence-corrected chi connectivity index (χ1v) is 10.4. The zero-order valence-corrected chi connectivity index (χ0v) is 17.5. The number of nitrogens with zero attached hydrogens (tertiary/aromatic N) is 3. The zero-order chi connectivity index (χ0) is 20.8. The molecule has 0 radical (unpaired) electrons. The van der Waals surface area contributed by atoms with Crippen LogP contribution in [0.15, 0.2) is 24.3 Å². The van der Waals surface area contributed by atoms with E-state index in [9.17, 15) is 14.7 Å². The van der Waals surface area contributed by atoms with Gasteiger partial charge in [0.15, 0.2) is 0 Å². The summed E-state index contributed by atoms with van der Waals surface area (Å²) in [4.78, 5) is 31.1. The van der Waals surface area contributed by atoms with Gasteiger partial charge in [0.25, 0.3) is 0 Å². The Morgan fingerprint density at radius 3 is 2.69 bits per heavy atom. The molecule has 158 valence electrons. The first kappa shape index (κ1) is 20.3. The highest BCUT2D eigenvalue weighted by molar-refractivity contribution is 5.89. The second kappa shape index (κ2) is 7.70. The summed E-state index contributed by atoms with van der Waals surface area (Å²) in [6.45, 7) is 8.53. The number of piperazine rings is 1. The van der Waals surface area contributed by atoms with Crippen molar-refractivity contribution in [1.82, 2.24) is 14.7 Å². The van der Waals surface area contributed by atoms with E-state index in [0.717, 1.165) is 44.7 Å². The molecule has 0 aromatic heterocycles. The Morgan fingerprint density at radius 1 is 1.24 bits per heavy atom. The molecule has 4 rings (SSSR count). The van der Waals surface area contributed by atoms with E-state index >= 15 is 0 Å². The number of aliphatic hydroxyl groups is 1. The van der Waals surface area contributed by atoms with Crippen molar-refractivity contribution in [1.29, 1.82) is 0 Å². The van der Waals surface area contributed by atoms with Crippen molar-refractivity contribution in [2.24, 2.45) is 5.92 Å². The molecular formula is C22H31N3O4. The number of likely N-dealkylation sites (tertiary alicyclic amines) is 1. The van der Waals surface area contributed by atoms with Gasteiger partial charge in [-0.3, -0.25) is 14.6 Å². The Hall–Kier alpha value is -1.96. The standard InChI is InChI=1S/C22H31N3O4/c1-15(2)20(27)24-13-22(14-24)12-23(10-18-8-19(26)11-25(18)22)9-16-5-4-6-17(7-16)21(28)29-3/h4-7,15,18-19,26H,8-14H2,1-3H3/t18-,19+/m0/s1. The quantitative estimate of drug-likeness (QED) is 0.758. The van der Waals surface area contributed by atoms with Gasteiger partial charge in [0.2, 0.25) is 5.91 Å². The lowest BCUT2D eigenvalue weighted by molar-refractivity contribution is -0.159. The Balaban J connectivity index is 1.50. The molecular weight excluding hydrogens is 370 g/mol. The van der Waals surface area contributed by atoms with Crippen LogP contribution in [0.25, 0.3) is 0 Å². The van der Waals surface area contributed by atoms with Crippen LogP contribution in [0.2, 0.25) is 0 Å². The van der Waals surface area contributed by atoms with E-state index < -0.39 is 0 Å². The SMILES string of the molecule is COC(=O)c1cccc(CN2C[C@@H]3C[C@@H](O)CN3C3(C2)CN(C(=O)C(C)C)C3)c1. The van der Waals surface area contributed by atoms with E-state index in [4.69, 9.17) is 4.74 Å². The van der Waals surface area contributed by atoms with Gasteiger partial charge in [-0.2, -0.15) is 0 Å². The molecule has 29 heavy (non-hydrogen) atoms. The second-order valence-electron chi connectivity index (χ2n) is 9.13. The van der Waals surface area contributed by atoms with Crippen molar-refractivity contribution in [3.05, 3.63) is 35.4 Å². The van der Waals surface area contributed by atoms with Crippen molar-refractivity contribution in [3.8, 4) is 0 Å². The van der Waals surface area contributed by atoms with Gasteiger partial charge in [-0.05, 0) is 24.1 Å². The van der Waals surface area contributed by atoms with Crippen molar-refractivity contribution in [3.63, 3.8) is 0 Å². The molecule has 7 nitrogen and oxygen atoms in total. The number of β-amino-alcohol motifs (C(OH)–C–C–N with tert-alkyl or cyclic N) is 1. The molecule has 1 spiro atoms. The smallest absolute Gasteiger partial charge is 0.337 e. The van der Waals surface area contributed by atoms with Crippen LogP contribution in [0.1, 0.15) is 36.2 Å². The highest BCUT2D eigenvalue weighted by Gasteiger charge is 2.57. The minimum atomic E-state index is -0.325. The Morgan fingerprint density at radius 2 is 2.00 bits per heavy atom. The highest BCUT2D eigenvalue weighted by Crippen LogP contribution is 2.39. The summed E-state index contributed by atoms with van der Waals surface area (Å²) in [5.41, 5.74) is 1.56. The Labute approximate surface area is 172 Å². The molecule has 2 atom stereocenters. The molecule has 1 aromatic carbocycles. The fraction of sp³-hybridized carbons (Fsp3) is 0.636. The van der Waals surface area contributed by atoms with Gasteiger partial charge >= 0.3 is 5.97 Å². The average molecular weight is 402 g/mol. The lowest BCUT2D eigenvalue weighted by Gasteiger charge is -2.61. The van der Waals surface area contributed by atoms with E-state index in [2.05, 4.69) is 9.80 Å². The molecule has 0 aliphatic carbocycles. The van der Waals surface area contributed by atoms with Gasteiger partial charge in [0.1, 0.15) is 0 Å². The van der Waals surface area contributed by atoms with Crippen LogP contribution in [0.3, 0.4) is 0 Å². The molecule has 1 aromatic rings. The van der Waals surface area contributed by atoms with E-state index in [0.29, 0.717) is 18.2 Å². The number of aliphatic hydroxyl groups excluding tert-OH is 1. The number of amides is 1. The lowest BCUT2D eigenvalue weighted by Crippen LogP contribution is -2.78. The van der Waals surface area contributed by atoms with Crippen LogP contribution < -0.4 is 0 Å². The van der Waals surface area contributed by atoms with Crippen LogP contribution in [0.5, 0.6) is 0 Å². The predicted octanol–water partition coefficient (Wildman–Crippen LogP) is 0.961. The normalized spacial score (nSPS) is 26.4. The zero-order valence-electron chi connectivity index (χ0n) is 17.5. The van der Waals surface area contributed by atoms with Crippen molar-refractivity contribution >= 4 is 11.9 Å². The third kappa shape index (κ3) is 3.79. The number of esters is 1. The molecule has 1 N–H and O–H groups in total. The van der Waals surface area contributed by atoms with Gasteiger partial charge in [-0.15, -0.1) is 0 Å². The molecule has 3 saturated heterocycles. The van der Waals surface area contributed by atoms with Crippen molar-refractivity contribution in [2.75, 3.05) is 39.8 Å². The second-order valence-corrected chi connectivity index (χ2v) is 9.13. The van der Waals surface area contributed by atoms with Crippen LogP contribution in [0, 0.1) is 5.92 Å². The maximum absolute atomic E-state index is 12.4. The summed E-state index contributed by atoms with van der Waals surface area (Å²) < 4.78 is 4.84. The van der Waals surface area contributed by atoms with Gasteiger partial charge in [-0.25, -0.2) is 4.79 Å². The maximum atomic E-state index is 12.4. The number of rotatable bonds is 4. The summed E-state index contributed by atoms with van der Waals surface area (Å²) in [7, 11) is 1.39. The number of carbonyl (C=O) groups excluding carboxylic acids is 2. The number of fused-ring (bicyclic) bond motifs is 2. The number of hydrogen-bond donors (Lipinski definition) is 1. The van der Waals surface area contributed by atoms with E-state index in [1.54, 1.807) is 6.07 Å². The number of carbonyl (C=O) groups is 2. The summed E-state index contributed by atoms with van der Waals surface area (Å²) in [6.07, 6.45) is 0.479. The summed E-state index contributed by atoms with van der Waals surface area (Å²) in [6, 6.07) is 7.88. The van der Waals surface area contributed by atoms with Crippen LogP contribution in [-0.4, -0.2) is 89.2 Å². The molecule has 7 heteroatoms. The van der Waals surface area contributed by atoms with E-state index in [1.165, 1.54) is 7.11 Å². The third-order valence-electron chi connectivity index (χ3n) is 6.52. The first-order valence-electron chi connectivity index (χ1n) is 10.4. The first-order chi connectivity index (χ1) is 13.8. The molecule has 3 aliphatic rings. The molecule has 0 bridgehead atoms. The van der Waals surface area contributed by atoms with Crippen LogP contribution >= 0.6 is 0 Å². The van der Waals surface area contributed by atoms with Gasteiger partial charge < -0.3 is 14.7 Å². The topological polar surface area (TPSA) is 73.3 Å². The van der Waals surface area contributed by atoms with Crippen molar-refractivity contribution in [2.45, 2.75) is 44.5 Å². The third-order valence-corrected chi connectivity index (χ3v) is 6.52. The van der Waals surface area contributed by atoms with Crippen LogP contribution in [-0.2, 0) is 16.1 Å². The van der Waals surface area contributed by atoms with Gasteiger partial charge in [-0.1, -0.05) is 26.0 Å². The molecule has 3 heterocycles. The van der Waals surface area contributed by atoms with Gasteiger partial charge in [0, 0.05) is 51.2 Å². The average Bonchev–Trinajstić information content (AvgIpc) is 3.04. The Bertz CT molecular complexity index is 790. The Kier molecular flexibility index (Phi) is 5.40. The van der Waals surface area contributed by atoms with Crippen molar-refractivity contribution < 1.29 is 19.4 Å². The van der Waals surface area contributed by atoms with E-state index in [-0.39, 0.29) is 29.4 Å². The number of ether oxygens (including phenoxy) is 1. The van der Waals surface area contributed by atoms with E-state index in [1.807, 2.05) is 36.9 Å². The minimum absolute atomic E-state index is 0.00747. The molecule has 0 unspecified atom stereocenters. The largest absolute Gasteiger partial charge is 0.465 e. The van der Waals surface area contributed by atoms with Crippen LogP contribution in [0.4, 0.5) is 0 Å². The fourth-order valence-electron chi connectivity index (χ4n) is 5.28. The van der Waals surface area contributed by atoms with Gasteiger partial charge in [0.05, 0.1) is 24.3 Å². The predicted molar refractivity (Wildman–Crippen MR) is 108 cm³/mol. The fourth-order valence-corrected chi connectivity index (χ4v) is 5.28.